The van der Waals surface area contributed by atoms with Crippen LogP contribution in [0.1, 0.15) is 39.0 Å². The lowest BCUT2D eigenvalue weighted by atomic mass is 10.1. The summed E-state index contributed by atoms with van der Waals surface area (Å²) in [5.74, 6) is 2.69. The van der Waals surface area contributed by atoms with Gasteiger partial charge < -0.3 is 10.6 Å². The fourth-order valence-electron chi connectivity index (χ4n) is 2.73. The van der Waals surface area contributed by atoms with Gasteiger partial charge in [-0.2, -0.15) is 11.8 Å². The molecule has 15 heavy (non-hydrogen) atoms. The quantitative estimate of drug-likeness (QED) is 0.769. The molecule has 2 rings (SSSR count). The molecule has 3 heteroatoms. The Morgan fingerprint density at radius 3 is 3.00 bits per heavy atom. The van der Waals surface area contributed by atoms with Gasteiger partial charge in [-0.25, -0.2) is 0 Å². The molecule has 2 aliphatic heterocycles. The Morgan fingerprint density at radius 1 is 1.40 bits per heavy atom. The molecule has 0 saturated carbocycles. The van der Waals surface area contributed by atoms with Crippen molar-refractivity contribution in [1.29, 1.82) is 0 Å². The van der Waals surface area contributed by atoms with Crippen LogP contribution in [0.5, 0.6) is 0 Å². The zero-order valence-corrected chi connectivity index (χ0v) is 10.6. The molecule has 2 heterocycles. The molecule has 0 aromatic rings. The molecule has 2 saturated heterocycles. The van der Waals surface area contributed by atoms with E-state index in [-0.39, 0.29) is 0 Å². The second-order valence-electron chi connectivity index (χ2n) is 5.01. The van der Waals surface area contributed by atoms with Crippen LogP contribution >= 0.6 is 11.8 Å². The predicted octanol–water partition coefficient (Wildman–Crippen LogP) is 2.00. The summed E-state index contributed by atoms with van der Waals surface area (Å²) in [5, 5.41) is 7.36. The Labute approximate surface area is 98.0 Å². The van der Waals surface area contributed by atoms with Crippen molar-refractivity contribution in [2.24, 2.45) is 0 Å². The minimum absolute atomic E-state index is 0.685. The van der Waals surface area contributed by atoms with E-state index in [1.807, 2.05) is 0 Å². The van der Waals surface area contributed by atoms with E-state index in [1.165, 1.54) is 50.2 Å². The van der Waals surface area contributed by atoms with Crippen molar-refractivity contribution in [2.75, 3.05) is 18.1 Å². The average Bonchev–Trinajstić information content (AvgIpc) is 2.71. The van der Waals surface area contributed by atoms with E-state index in [0.717, 1.165) is 12.1 Å². The molecule has 3 unspecified atom stereocenters. The lowest BCUT2D eigenvalue weighted by molar-refractivity contribution is 0.390. The summed E-state index contributed by atoms with van der Waals surface area (Å²) in [4.78, 5) is 0. The molecule has 2 aliphatic rings. The van der Waals surface area contributed by atoms with Crippen molar-refractivity contribution in [1.82, 2.24) is 10.6 Å². The number of hydrogen-bond acceptors (Lipinski definition) is 3. The van der Waals surface area contributed by atoms with E-state index in [4.69, 9.17) is 0 Å². The van der Waals surface area contributed by atoms with Crippen LogP contribution in [0.4, 0.5) is 0 Å². The number of rotatable bonds is 4. The molecule has 0 aliphatic carbocycles. The highest BCUT2D eigenvalue weighted by atomic mass is 32.2. The van der Waals surface area contributed by atoms with Gasteiger partial charge in [0.25, 0.3) is 0 Å². The molecule has 0 bridgehead atoms. The van der Waals surface area contributed by atoms with Crippen LogP contribution in [-0.2, 0) is 0 Å². The topological polar surface area (TPSA) is 24.1 Å². The van der Waals surface area contributed by atoms with E-state index in [9.17, 15) is 0 Å². The van der Waals surface area contributed by atoms with Crippen molar-refractivity contribution in [3.05, 3.63) is 0 Å². The first-order chi connectivity index (χ1) is 7.34. The Bertz CT molecular complexity index is 174. The molecule has 2 N–H and O–H groups in total. The number of thioether (sulfide) groups is 1. The molecule has 0 spiro atoms. The molecule has 2 nitrogen and oxygen atoms in total. The van der Waals surface area contributed by atoms with Crippen LogP contribution < -0.4 is 10.6 Å². The summed E-state index contributed by atoms with van der Waals surface area (Å²) in [6.07, 6.45) is 6.84. The second-order valence-corrected chi connectivity index (χ2v) is 6.16. The summed E-state index contributed by atoms with van der Waals surface area (Å²) in [6.45, 7) is 3.58. The van der Waals surface area contributed by atoms with Gasteiger partial charge in [-0.3, -0.25) is 0 Å². The Kier molecular flexibility index (Phi) is 4.79. The van der Waals surface area contributed by atoms with Crippen molar-refractivity contribution in [3.63, 3.8) is 0 Å². The Hall–Kier alpha value is 0.270. The van der Waals surface area contributed by atoms with Crippen LogP contribution in [0.3, 0.4) is 0 Å². The van der Waals surface area contributed by atoms with Crippen LogP contribution in [0.2, 0.25) is 0 Å². The van der Waals surface area contributed by atoms with E-state index < -0.39 is 0 Å². The van der Waals surface area contributed by atoms with E-state index >= 15 is 0 Å². The van der Waals surface area contributed by atoms with Crippen molar-refractivity contribution < 1.29 is 0 Å². The fraction of sp³-hybridized carbons (Fsp3) is 1.00. The maximum Gasteiger partial charge on any atom is 0.0160 e. The molecule has 0 radical (unpaired) electrons. The van der Waals surface area contributed by atoms with Crippen LogP contribution in [-0.4, -0.2) is 36.2 Å². The SMILES string of the molecule is CC(CC1CCCN1)NC1CCCSC1. The summed E-state index contributed by atoms with van der Waals surface area (Å²) in [5.41, 5.74) is 0. The third-order valence-corrected chi connectivity index (χ3v) is 4.70. The first kappa shape index (κ1) is 11.7. The highest BCUT2D eigenvalue weighted by Crippen LogP contribution is 2.18. The van der Waals surface area contributed by atoms with E-state index in [1.54, 1.807) is 0 Å². The lowest BCUT2D eigenvalue weighted by Gasteiger charge is -2.27. The zero-order chi connectivity index (χ0) is 10.5. The lowest BCUT2D eigenvalue weighted by Crippen LogP contribution is -2.42. The molecule has 0 amide bonds. The van der Waals surface area contributed by atoms with Gasteiger partial charge in [0.05, 0.1) is 0 Å². The van der Waals surface area contributed by atoms with Gasteiger partial charge in [-0.15, -0.1) is 0 Å². The third-order valence-electron chi connectivity index (χ3n) is 3.48. The maximum absolute atomic E-state index is 3.78. The van der Waals surface area contributed by atoms with Gasteiger partial charge in [0.2, 0.25) is 0 Å². The summed E-state index contributed by atoms with van der Waals surface area (Å²) >= 11 is 2.11. The highest BCUT2D eigenvalue weighted by Gasteiger charge is 2.20. The fourth-order valence-corrected chi connectivity index (χ4v) is 3.81. The molecule has 0 aromatic carbocycles. The van der Waals surface area contributed by atoms with Gasteiger partial charge in [0.1, 0.15) is 0 Å². The van der Waals surface area contributed by atoms with E-state index in [0.29, 0.717) is 6.04 Å². The minimum atomic E-state index is 0.685. The van der Waals surface area contributed by atoms with Crippen LogP contribution in [0.15, 0.2) is 0 Å². The first-order valence-electron chi connectivity index (χ1n) is 6.42. The third kappa shape index (κ3) is 3.97. The van der Waals surface area contributed by atoms with E-state index in [2.05, 4.69) is 29.3 Å². The average molecular weight is 228 g/mol. The van der Waals surface area contributed by atoms with Gasteiger partial charge >= 0.3 is 0 Å². The van der Waals surface area contributed by atoms with Crippen LogP contribution in [0.25, 0.3) is 0 Å². The Balaban J connectivity index is 1.64. The first-order valence-corrected chi connectivity index (χ1v) is 7.57. The smallest absolute Gasteiger partial charge is 0.0160 e. The molecular weight excluding hydrogens is 204 g/mol. The van der Waals surface area contributed by atoms with Gasteiger partial charge in [0.15, 0.2) is 0 Å². The van der Waals surface area contributed by atoms with Gasteiger partial charge in [0, 0.05) is 23.9 Å². The van der Waals surface area contributed by atoms with Crippen molar-refractivity contribution >= 4 is 11.8 Å². The minimum Gasteiger partial charge on any atom is -0.314 e. The second kappa shape index (κ2) is 6.12. The summed E-state index contributed by atoms with van der Waals surface area (Å²) in [7, 11) is 0. The monoisotopic (exact) mass is 228 g/mol. The molecule has 2 fully saturated rings. The Morgan fingerprint density at radius 2 is 2.33 bits per heavy atom. The van der Waals surface area contributed by atoms with Crippen molar-refractivity contribution in [2.45, 2.75) is 57.2 Å². The predicted molar refractivity (Wildman–Crippen MR) is 68.6 cm³/mol. The molecule has 88 valence electrons. The molecule has 3 atom stereocenters. The number of hydrogen-bond donors (Lipinski definition) is 2. The summed E-state index contributed by atoms with van der Waals surface area (Å²) < 4.78 is 0. The number of nitrogens with one attached hydrogen (secondary N) is 2. The molecule has 0 aromatic heterocycles. The molecular formula is C12H24N2S. The van der Waals surface area contributed by atoms with Crippen LogP contribution in [0, 0.1) is 0 Å². The standard InChI is InChI=1S/C12H24N2S/c1-10(8-11-4-2-6-13-11)14-12-5-3-7-15-9-12/h10-14H,2-9H2,1H3. The zero-order valence-electron chi connectivity index (χ0n) is 9.80. The van der Waals surface area contributed by atoms with Crippen molar-refractivity contribution in [3.8, 4) is 0 Å². The maximum atomic E-state index is 3.78. The largest absolute Gasteiger partial charge is 0.314 e. The van der Waals surface area contributed by atoms with Gasteiger partial charge in [-0.05, 0) is 51.3 Å². The summed E-state index contributed by atoms with van der Waals surface area (Å²) in [6, 6.07) is 2.24. The normalized spacial score (nSPS) is 34.2. The van der Waals surface area contributed by atoms with Gasteiger partial charge in [-0.1, -0.05) is 0 Å². The highest BCUT2D eigenvalue weighted by molar-refractivity contribution is 7.99.